The van der Waals surface area contributed by atoms with Crippen molar-refractivity contribution in [3.05, 3.63) is 248 Å². The second-order valence-corrected chi connectivity index (χ2v) is 72.0. The molecule has 12 rings (SSSR count). The van der Waals surface area contributed by atoms with Crippen molar-refractivity contribution in [1.82, 2.24) is 0 Å². The highest BCUT2D eigenvalue weighted by Crippen LogP contribution is 2.45. The van der Waals surface area contributed by atoms with E-state index in [4.69, 9.17) is 95.8 Å². The van der Waals surface area contributed by atoms with E-state index in [0.29, 0.717) is 101 Å². The number of alkyl halides is 4. The van der Waals surface area contributed by atoms with Gasteiger partial charge in [-0.05, 0) is 112 Å². The molecule has 0 spiro atoms. The Morgan fingerprint density at radius 3 is 0.902 bits per heavy atom. The first-order valence-electron chi connectivity index (χ1n) is 45.2. The minimum atomic E-state index is -5.35. The van der Waals surface area contributed by atoms with Gasteiger partial charge in [-0.3, -0.25) is 19.2 Å². The van der Waals surface area contributed by atoms with E-state index in [2.05, 4.69) is 90.7 Å². The van der Waals surface area contributed by atoms with E-state index in [-0.39, 0.29) is 57.0 Å². The Morgan fingerprint density at radius 2 is 0.571 bits per heavy atom. The van der Waals surface area contributed by atoms with Crippen LogP contribution >= 0.6 is 63.7 Å². The van der Waals surface area contributed by atoms with Crippen LogP contribution in [0.25, 0.3) is 0 Å². The zero-order chi connectivity index (χ0) is 96.2. The lowest BCUT2D eigenvalue weighted by atomic mass is 10.2. The fourth-order valence-electron chi connectivity index (χ4n) is 13.4. The van der Waals surface area contributed by atoms with Gasteiger partial charge >= 0.3 is 94.3 Å². The van der Waals surface area contributed by atoms with Crippen LogP contribution in [0, 0.1) is 0 Å². The van der Waals surface area contributed by atoms with Gasteiger partial charge in [-0.1, -0.05) is 346 Å². The molecular weight excluding hydrogens is 2150 g/mol. The quantitative estimate of drug-likeness (QED) is 0.0113. The average molecular weight is 2280 g/mol. The Balaban J connectivity index is 0.000000610. The van der Waals surface area contributed by atoms with Gasteiger partial charge in [0.25, 0.3) is 0 Å². The second-order valence-electron chi connectivity index (χ2n) is 33.8. The first-order valence-corrected chi connectivity index (χ1v) is 69.5. The number of rotatable bonds is 47. The van der Waals surface area contributed by atoms with Crippen molar-refractivity contribution in [2.24, 2.45) is 0 Å². The predicted molar refractivity (Wildman–Crippen MR) is 553 cm³/mol. The third-order valence-electron chi connectivity index (χ3n) is 20.1. The van der Waals surface area contributed by atoms with Gasteiger partial charge in [-0.15, -0.1) is 0 Å². The number of carbonyl (C=O) groups is 4. The molecule has 4 aliphatic rings. The van der Waals surface area contributed by atoms with Crippen LogP contribution in [0.5, 0.6) is 0 Å². The van der Waals surface area contributed by atoms with E-state index in [0.717, 1.165) is 44.5 Å². The van der Waals surface area contributed by atoms with Gasteiger partial charge in [0.05, 0.1) is 26.4 Å². The van der Waals surface area contributed by atoms with Crippen LogP contribution in [0.15, 0.2) is 243 Å². The van der Waals surface area contributed by atoms with Gasteiger partial charge in [0.1, 0.15) is 63.3 Å². The topological polar surface area (TPSA) is 271 Å². The number of carbonyl (C=O) groups excluding carboxylic acids is 4. The van der Waals surface area contributed by atoms with E-state index in [1.54, 1.807) is 55.4 Å². The van der Waals surface area contributed by atoms with Gasteiger partial charge in [0, 0.05) is 75.4 Å². The minimum Gasteiger partial charge on any atom is -0.462 e. The summed E-state index contributed by atoms with van der Waals surface area (Å²) in [5, 5.41) is 3.56. The van der Waals surface area contributed by atoms with Crippen LogP contribution in [0.1, 0.15) is 120 Å². The number of fused-ring (bicyclic) bond motifs is 4. The van der Waals surface area contributed by atoms with Gasteiger partial charge in [-0.2, -0.15) is 0 Å². The molecule has 8 aromatic carbocycles. The van der Waals surface area contributed by atoms with Gasteiger partial charge in [-0.25, -0.2) is 0 Å². The Bertz CT molecular complexity index is 4740. The maximum Gasteiger partial charge on any atom is 0.522 e. The van der Waals surface area contributed by atoms with Crippen molar-refractivity contribution in [3.63, 3.8) is 0 Å². The summed E-state index contributed by atoms with van der Waals surface area (Å²) in [4.78, 5) is 47.8. The summed E-state index contributed by atoms with van der Waals surface area (Å²) in [5.74, 6) is -1.28. The number of unbranched alkanes of at least 4 members (excludes halogenated alkanes) is 3. The fourth-order valence-corrected chi connectivity index (χ4v) is 65.6. The third-order valence-corrected chi connectivity index (χ3v) is 62.3. The summed E-state index contributed by atoms with van der Waals surface area (Å²) in [7, 11) is -47.4. The monoisotopic (exact) mass is 2270 g/mol. The first kappa shape index (κ1) is 112. The van der Waals surface area contributed by atoms with Gasteiger partial charge in [0.2, 0.25) is 0 Å². The summed E-state index contributed by atoms with van der Waals surface area (Å²) in [6, 6.07) is 77.9. The molecule has 0 aliphatic carbocycles. The molecule has 4 fully saturated rings. The smallest absolute Gasteiger partial charge is 0.462 e. The zero-order valence-electron chi connectivity index (χ0n) is 78.7. The molecule has 8 unspecified atom stereocenters. The lowest BCUT2D eigenvalue weighted by Crippen LogP contribution is -2.89. The molecule has 0 N–H and O–H groups in total. The lowest BCUT2D eigenvalue weighted by Gasteiger charge is -2.57. The summed E-state index contributed by atoms with van der Waals surface area (Å²) in [6.07, 6.45) is 5.83. The molecule has 4 aliphatic heterocycles. The SMILES string of the molecule is CCCCOCCOC(=O)C(C)(C)Br.CCCCOCCOC(=O)C(C)(C)Br.C[SiH2]O[Si]1(c2ccccc2)O[Si]2(Cc3ccccc3)O[Si](OCCCCOCCOC(=O)C(C)(C)Br)(c3ccccc3)O[Si](c3ccccc3)(O1)O[Si]1(c3ccccc3)O[Si](O[SiH2]C)(c3ccccc3)O[Si](c3ccccc3)(O2)O[Si](O[Si](C)(C)CCCOCCOC(=O)C(C)(C)Br)(c2ccccc2)O1. The minimum absolute atomic E-state index is 0.0407. The molecule has 0 saturated carbocycles. The number of ether oxygens (including phenoxy) is 8. The highest BCUT2D eigenvalue weighted by Gasteiger charge is 2.80. The van der Waals surface area contributed by atoms with Crippen molar-refractivity contribution in [1.29, 1.82) is 0 Å². The van der Waals surface area contributed by atoms with E-state index >= 15 is 0 Å². The molecule has 8 aromatic rings. The average Bonchev–Trinajstić information content (AvgIpc) is 0.688. The number of esters is 4. The molecule has 133 heavy (non-hydrogen) atoms. The summed E-state index contributed by atoms with van der Waals surface area (Å²) in [5.41, 5.74) is 0.751. The normalized spacial score (nSPS) is 23.0. The molecule has 0 amide bonds. The molecule has 26 nitrogen and oxygen atoms in total. The lowest BCUT2D eigenvalue weighted by molar-refractivity contribution is -0.147. The fraction of sp³-hybridized carbons (Fsp3) is 0.435. The molecule has 41 heteroatoms. The van der Waals surface area contributed by atoms with Crippen LogP contribution in [0.2, 0.25) is 32.2 Å². The number of benzene rings is 8. The first-order chi connectivity index (χ1) is 63.4. The largest absolute Gasteiger partial charge is 0.522 e. The summed E-state index contributed by atoms with van der Waals surface area (Å²) < 4.78 is 159. The van der Waals surface area contributed by atoms with Crippen LogP contribution < -0.4 is 36.3 Å². The molecule has 4 heterocycles. The van der Waals surface area contributed by atoms with Crippen molar-refractivity contribution in [2.75, 3.05) is 85.9 Å². The molecular formula is C92H130Br4O26Si11. The Labute approximate surface area is 833 Å². The van der Waals surface area contributed by atoms with Gasteiger partial charge in [0.15, 0.2) is 8.32 Å². The summed E-state index contributed by atoms with van der Waals surface area (Å²) in [6.45, 7) is 30.8. The number of halogens is 4. The van der Waals surface area contributed by atoms with E-state index in [1.165, 1.54) is 0 Å². The van der Waals surface area contributed by atoms with Crippen molar-refractivity contribution in [2.45, 2.75) is 170 Å². The third kappa shape index (κ3) is 33.4. The van der Waals surface area contributed by atoms with Crippen LogP contribution in [-0.4, -0.2) is 225 Å². The second kappa shape index (κ2) is 53.2. The Hall–Kier alpha value is -4.77. The van der Waals surface area contributed by atoms with E-state index in [9.17, 15) is 19.2 Å². The molecule has 4 bridgehead atoms. The molecule has 0 radical (unpaired) electrons. The molecule has 4 saturated heterocycles. The van der Waals surface area contributed by atoms with Crippen molar-refractivity contribution >= 4 is 222 Å². The van der Waals surface area contributed by atoms with Crippen molar-refractivity contribution in [3.8, 4) is 0 Å². The maximum absolute atomic E-state index is 12.7. The maximum atomic E-state index is 12.7. The Morgan fingerprint density at radius 1 is 0.308 bits per heavy atom. The highest BCUT2D eigenvalue weighted by atomic mass is 79.9. The summed E-state index contributed by atoms with van der Waals surface area (Å²) >= 11 is 13.2. The van der Waals surface area contributed by atoms with Gasteiger partial charge < -0.3 is 95.8 Å². The Kier molecular flexibility index (Phi) is 44.7. The molecule has 0 aromatic heterocycles. The van der Waals surface area contributed by atoms with E-state index < -0.39 is 122 Å². The number of hydrogen-bond acceptors (Lipinski definition) is 26. The van der Waals surface area contributed by atoms with Crippen LogP contribution in [0.3, 0.4) is 0 Å². The standard InChI is InChI=1S/C72H92Br2O20Si11.2C10H19BrO3/c1-71(2,73)69(75)79-57-55-77-52-33-34-54-81-99(62-38-19-10-20-39-62)85-98(60-61-36-17-9-18-37-61)86-100(82-95-5,63-40-21-11-22-41-63)89-104(88-99,67-48-29-15-30-49-67)94-105(68-50-31-16-32-51-68)91-101(83-96-6,64-42-23-12-24-43-64)90-103(87-98,66-46-27-14-28-47-66)92-102(93-105,65-44-25-13-26-45-65)84-97(7,8)59-35-53-78-56-58-80-70(76)72(3,4)74;2*1-4-5-6-13-7-8-14-9(12)10(2,3)11/h9-32,36-51H,33-35,52-60,95-96H2,1-8H3;2*4-8H2,1-3H3. The van der Waals surface area contributed by atoms with E-state index in [1.807, 2.05) is 256 Å². The van der Waals surface area contributed by atoms with Crippen molar-refractivity contribution < 1.29 is 115 Å². The van der Waals surface area contributed by atoms with Crippen LogP contribution in [-0.2, 0) is 121 Å². The van der Waals surface area contributed by atoms with Crippen LogP contribution in [0.4, 0.5) is 0 Å². The highest BCUT2D eigenvalue weighted by molar-refractivity contribution is 9.10. The zero-order valence-corrected chi connectivity index (χ0v) is 96.9. The predicted octanol–water partition coefficient (Wildman–Crippen LogP) is 13.0. The molecule has 8 atom stereocenters. The number of hydrogen-bond donors (Lipinski definition) is 0. The molecule has 726 valence electrons.